The fourth-order valence-electron chi connectivity index (χ4n) is 2.44. The minimum atomic E-state index is 0.433. The van der Waals surface area contributed by atoms with Crippen molar-refractivity contribution >= 4 is 11.6 Å². The molecule has 3 rings (SSSR count). The lowest BCUT2D eigenvalue weighted by Crippen LogP contribution is -2.21. The van der Waals surface area contributed by atoms with E-state index in [0.717, 1.165) is 29.8 Å². The number of hydrogen-bond acceptors (Lipinski definition) is 2. The van der Waals surface area contributed by atoms with Crippen LogP contribution in [0.3, 0.4) is 0 Å². The first-order chi connectivity index (χ1) is 7.28. The number of piperidine rings is 1. The SMILES string of the molecule is Clc1cccc(OCC23CNCC2C3)c1. The average Bonchev–Trinajstić information content (AvgIpc) is 2.79. The normalized spacial score (nSPS) is 32.5. The van der Waals surface area contributed by atoms with Crippen molar-refractivity contribution in [2.24, 2.45) is 11.3 Å². The first-order valence-corrected chi connectivity index (χ1v) is 5.75. The quantitative estimate of drug-likeness (QED) is 0.849. The van der Waals surface area contributed by atoms with Gasteiger partial charge in [-0.05, 0) is 37.1 Å². The summed E-state index contributed by atoms with van der Waals surface area (Å²) in [5.74, 6) is 1.73. The third-order valence-corrected chi connectivity index (χ3v) is 3.78. The Balaban J connectivity index is 1.62. The van der Waals surface area contributed by atoms with Gasteiger partial charge in [0.2, 0.25) is 0 Å². The summed E-state index contributed by atoms with van der Waals surface area (Å²) in [7, 11) is 0. The molecule has 1 aromatic carbocycles. The van der Waals surface area contributed by atoms with Crippen molar-refractivity contribution in [2.45, 2.75) is 6.42 Å². The van der Waals surface area contributed by atoms with E-state index < -0.39 is 0 Å². The van der Waals surface area contributed by atoms with Gasteiger partial charge in [0.15, 0.2) is 0 Å². The molecule has 1 aliphatic carbocycles. The largest absolute Gasteiger partial charge is 0.493 e. The van der Waals surface area contributed by atoms with E-state index in [0.29, 0.717) is 5.41 Å². The van der Waals surface area contributed by atoms with Gasteiger partial charge in [-0.15, -0.1) is 0 Å². The van der Waals surface area contributed by atoms with E-state index in [-0.39, 0.29) is 0 Å². The van der Waals surface area contributed by atoms with E-state index in [4.69, 9.17) is 16.3 Å². The zero-order valence-corrected chi connectivity index (χ0v) is 9.26. The first kappa shape index (κ1) is 9.49. The van der Waals surface area contributed by atoms with Crippen LogP contribution in [0.2, 0.25) is 5.02 Å². The number of hydrogen-bond donors (Lipinski definition) is 1. The molecule has 1 N–H and O–H groups in total. The Kier molecular flexibility index (Phi) is 2.15. The average molecular weight is 224 g/mol. The summed E-state index contributed by atoms with van der Waals surface area (Å²) in [4.78, 5) is 0. The second kappa shape index (κ2) is 3.39. The van der Waals surface area contributed by atoms with Crippen molar-refractivity contribution in [3.05, 3.63) is 29.3 Å². The molecule has 15 heavy (non-hydrogen) atoms. The Bertz CT molecular complexity index is 382. The Labute approximate surface area is 94.6 Å². The van der Waals surface area contributed by atoms with Crippen LogP contribution in [-0.4, -0.2) is 19.7 Å². The highest BCUT2D eigenvalue weighted by Gasteiger charge is 2.57. The Morgan fingerprint density at radius 2 is 2.47 bits per heavy atom. The minimum absolute atomic E-state index is 0.433. The third kappa shape index (κ3) is 1.72. The molecular weight excluding hydrogens is 210 g/mol. The van der Waals surface area contributed by atoms with Crippen molar-refractivity contribution in [1.29, 1.82) is 0 Å². The van der Waals surface area contributed by atoms with Gasteiger partial charge in [-0.3, -0.25) is 0 Å². The van der Waals surface area contributed by atoms with Gasteiger partial charge in [0.05, 0.1) is 6.61 Å². The number of rotatable bonds is 3. The highest BCUT2D eigenvalue weighted by Crippen LogP contribution is 2.54. The summed E-state index contributed by atoms with van der Waals surface area (Å²) in [6, 6.07) is 7.62. The van der Waals surface area contributed by atoms with Crippen LogP contribution in [0.15, 0.2) is 24.3 Å². The third-order valence-electron chi connectivity index (χ3n) is 3.55. The summed E-state index contributed by atoms with van der Waals surface area (Å²) in [5, 5.41) is 4.14. The summed E-state index contributed by atoms with van der Waals surface area (Å²) in [6.07, 6.45) is 1.32. The first-order valence-electron chi connectivity index (χ1n) is 5.38. The molecule has 1 aliphatic heterocycles. The lowest BCUT2D eigenvalue weighted by atomic mass is 10.1. The molecule has 0 bridgehead atoms. The van der Waals surface area contributed by atoms with E-state index in [1.165, 1.54) is 13.0 Å². The molecule has 2 unspecified atom stereocenters. The molecule has 2 nitrogen and oxygen atoms in total. The Morgan fingerprint density at radius 1 is 1.53 bits per heavy atom. The number of fused-ring (bicyclic) bond motifs is 1. The smallest absolute Gasteiger partial charge is 0.120 e. The monoisotopic (exact) mass is 223 g/mol. The molecule has 0 spiro atoms. The highest BCUT2D eigenvalue weighted by atomic mass is 35.5. The van der Waals surface area contributed by atoms with Gasteiger partial charge in [0.1, 0.15) is 5.75 Å². The maximum Gasteiger partial charge on any atom is 0.120 e. The van der Waals surface area contributed by atoms with Crippen LogP contribution in [0, 0.1) is 11.3 Å². The molecule has 80 valence electrons. The Morgan fingerprint density at radius 3 is 3.13 bits per heavy atom. The van der Waals surface area contributed by atoms with Gasteiger partial charge in [-0.1, -0.05) is 17.7 Å². The molecular formula is C12H14ClNO. The van der Waals surface area contributed by atoms with E-state index in [2.05, 4.69) is 5.32 Å². The molecule has 1 saturated heterocycles. The molecule has 0 aromatic heterocycles. The number of halogens is 1. The number of benzene rings is 1. The molecule has 2 atom stereocenters. The van der Waals surface area contributed by atoms with Crippen molar-refractivity contribution in [3.63, 3.8) is 0 Å². The zero-order chi connectivity index (χ0) is 10.3. The predicted octanol–water partition coefficient (Wildman–Crippen LogP) is 2.33. The lowest BCUT2D eigenvalue weighted by molar-refractivity contribution is 0.236. The van der Waals surface area contributed by atoms with Crippen LogP contribution in [0.5, 0.6) is 5.75 Å². The van der Waals surface area contributed by atoms with Gasteiger partial charge in [-0.2, -0.15) is 0 Å². The van der Waals surface area contributed by atoms with Gasteiger partial charge in [0.25, 0.3) is 0 Å². The van der Waals surface area contributed by atoms with Crippen molar-refractivity contribution in [1.82, 2.24) is 5.32 Å². The fourth-order valence-corrected chi connectivity index (χ4v) is 2.62. The van der Waals surface area contributed by atoms with Crippen molar-refractivity contribution in [3.8, 4) is 5.75 Å². The van der Waals surface area contributed by atoms with Gasteiger partial charge >= 0.3 is 0 Å². The summed E-state index contributed by atoms with van der Waals surface area (Å²) >= 11 is 5.89. The Hall–Kier alpha value is -0.730. The predicted molar refractivity (Wildman–Crippen MR) is 60.4 cm³/mol. The van der Waals surface area contributed by atoms with E-state index in [1.54, 1.807) is 0 Å². The lowest BCUT2D eigenvalue weighted by Gasteiger charge is -2.13. The van der Waals surface area contributed by atoms with E-state index >= 15 is 0 Å². The van der Waals surface area contributed by atoms with Crippen molar-refractivity contribution in [2.75, 3.05) is 19.7 Å². The van der Waals surface area contributed by atoms with Gasteiger partial charge < -0.3 is 10.1 Å². The highest BCUT2D eigenvalue weighted by molar-refractivity contribution is 6.30. The standard InChI is InChI=1S/C12H14ClNO/c13-10-2-1-3-11(4-10)15-8-12-5-9(12)6-14-7-12/h1-4,9,14H,5-8H2. The van der Waals surface area contributed by atoms with Crippen LogP contribution in [0.1, 0.15) is 6.42 Å². The van der Waals surface area contributed by atoms with E-state index in [1.807, 2.05) is 24.3 Å². The summed E-state index contributed by atoms with van der Waals surface area (Å²) < 4.78 is 5.79. The molecule has 0 amide bonds. The molecule has 1 heterocycles. The second-order valence-corrected chi connectivity index (χ2v) is 5.08. The summed E-state index contributed by atoms with van der Waals surface area (Å²) in [6.45, 7) is 3.10. The van der Waals surface area contributed by atoms with Crippen LogP contribution in [-0.2, 0) is 0 Å². The molecule has 0 radical (unpaired) electrons. The minimum Gasteiger partial charge on any atom is -0.493 e. The molecule has 2 aliphatic rings. The van der Waals surface area contributed by atoms with Crippen LogP contribution < -0.4 is 10.1 Å². The van der Waals surface area contributed by atoms with Gasteiger partial charge in [-0.25, -0.2) is 0 Å². The number of ether oxygens (including phenoxy) is 1. The molecule has 1 saturated carbocycles. The molecule has 3 heteroatoms. The maximum absolute atomic E-state index is 5.89. The van der Waals surface area contributed by atoms with Gasteiger partial charge in [0, 0.05) is 17.0 Å². The van der Waals surface area contributed by atoms with Crippen LogP contribution in [0.4, 0.5) is 0 Å². The maximum atomic E-state index is 5.89. The molecule has 2 fully saturated rings. The van der Waals surface area contributed by atoms with E-state index in [9.17, 15) is 0 Å². The molecule has 1 aromatic rings. The van der Waals surface area contributed by atoms with Crippen molar-refractivity contribution < 1.29 is 4.74 Å². The summed E-state index contributed by atoms with van der Waals surface area (Å²) in [5.41, 5.74) is 0.433. The number of nitrogens with one attached hydrogen (secondary N) is 1. The topological polar surface area (TPSA) is 21.3 Å². The van der Waals surface area contributed by atoms with Crippen LogP contribution in [0.25, 0.3) is 0 Å². The zero-order valence-electron chi connectivity index (χ0n) is 8.50. The fraction of sp³-hybridized carbons (Fsp3) is 0.500. The van der Waals surface area contributed by atoms with Crippen LogP contribution >= 0.6 is 11.6 Å². The second-order valence-electron chi connectivity index (χ2n) is 4.64.